The molecule has 0 aliphatic rings. The number of nitrogens with zero attached hydrogens (tertiary/aromatic N) is 1. The summed E-state index contributed by atoms with van der Waals surface area (Å²) in [6.07, 6.45) is 5.59. The highest BCUT2D eigenvalue weighted by Gasteiger charge is 2.23. The molecule has 0 atom stereocenters. The van der Waals surface area contributed by atoms with Crippen LogP contribution in [0.4, 0.5) is 0 Å². The number of aromatic amines is 1. The number of carbonyl (C=O) groups excluding carboxylic acids is 1. The van der Waals surface area contributed by atoms with Crippen molar-refractivity contribution in [3.8, 4) is 17.2 Å². The molecule has 0 unspecified atom stereocenters. The summed E-state index contributed by atoms with van der Waals surface area (Å²) >= 11 is 1.21. The highest BCUT2D eigenvalue weighted by Crippen LogP contribution is 2.42. The number of nitrogens with one attached hydrogen (secondary N) is 1. The van der Waals surface area contributed by atoms with Gasteiger partial charge in [-0.1, -0.05) is 12.1 Å². The van der Waals surface area contributed by atoms with Crippen LogP contribution in [0.25, 0.3) is 16.2 Å². The number of ketones is 1. The van der Waals surface area contributed by atoms with Crippen LogP contribution in [0.3, 0.4) is 0 Å². The van der Waals surface area contributed by atoms with E-state index < -0.39 is 5.97 Å². The molecule has 4 rings (SSSR count). The predicted octanol–water partition coefficient (Wildman–Crippen LogP) is 4.45. The Kier molecular flexibility index (Phi) is 4.84. The number of aliphatic carboxylic acids is 1. The Morgan fingerprint density at radius 1 is 1.14 bits per heavy atom. The molecule has 8 heteroatoms. The third kappa shape index (κ3) is 3.87. The van der Waals surface area contributed by atoms with Crippen LogP contribution in [0.2, 0.25) is 0 Å². The molecule has 0 bridgehead atoms. The maximum atomic E-state index is 12.9. The molecule has 0 saturated heterocycles. The van der Waals surface area contributed by atoms with Crippen molar-refractivity contribution in [2.24, 2.45) is 0 Å². The molecule has 2 heterocycles. The summed E-state index contributed by atoms with van der Waals surface area (Å²) in [6.45, 7) is 0. The zero-order valence-corrected chi connectivity index (χ0v) is 15.6. The molecule has 29 heavy (non-hydrogen) atoms. The van der Waals surface area contributed by atoms with E-state index >= 15 is 0 Å². The topological polar surface area (TPSA) is 113 Å². The lowest BCUT2D eigenvalue weighted by atomic mass is 10.2. The molecular weight excluding hydrogens is 392 g/mol. The van der Waals surface area contributed by atoms with E-state index in [9.17, 15) is 14.7 Å². The van der Waals surface area contributed by atoms with Gasteiger partial charge < -0.3 is 19.9 Å². The third-order valence-corrected chi connectivity index (χ3v) is 5.20. The maximum absolute atomic E-state index is 12.9. The van der Waals surface area contributed by atoms with Crippen molar-refractivity contribution < 1.29 is 24.5 Å². The molecule has 0 aliphatic heterocycles. The van der Waals surface area contributed by atoms with Crippen molar-refractivity contribution in [1.29, 1.82) is 0 Å². The molecule has 0 saturated carbocycles. The van der Waals surface area contributed by atoms with Crippen LogP contribution in [-0.4, -0.2) is 31.9 Å². The number of carboxylic acids is 1. The molecule has 3 N–H and O–H groups in total. The van der Waals surface area contributed by atoms with Crippen LogP contribution in [0, 0.1) is 0 Å². The lowest BCUT2D eigenvalue weighted by molar-refractivity contribution is -0.131. The minimum Gasteiger partial charge on any atom is -0.508 e. The summed E-state index contributed by atoms with van der Waals surface area (Å²) in [6, 6.07) is 11.6. The molecule has 0 fully saturated rings. The van der Waals surface area contributed by atoms with Crippen LogP contribution in [-0.2, 0) is 4.79 Å². The van der Waals surface area contributed by atoms with E-state index in [1.54, 1.807) is 42.6 Å². The number of fused-ring (bicyclic) bond motifs is 1. The van der Waals surface area contributed by atoms with E-state index in [0.29, 0.717) is 32.0 Å². The van der Waals surface area contributed by atoms with Gasteiger partial charge in [0.15, 0.2) is 11.6 Å². The number of aromatic nitrogens is 2. The molecule has 7 nitrogen and oxygen atoms in total. The number of hydrogen-bond donors (Lipinski definition) is 3. The number of hydrogen-bond acceptors (Lipinski definition) is 6. The number of rotatable bonds is 6. The minimum atomic E-state index is -1.03. The third-order valence-electron chi connectivity index (χ3n) is 4.07. The normalized spacial score (nSPS) is 11.2. The molecular formula is C21H14N2O5S. The quantitative estimate of drug-likeness (QED) is 0.322. The lowest BCUT2D eigenvalue weighted by Gasteiger charge is -2.07. The van der Waals surface area contributed by atoms with E-state index in [1.807, 2.05) is 0 Å². The Bertz CT molecular complexity index is 1220. The summed E-state index contributed by atoms with van der Waals surface area (Å²) in [5.41, 5.74) is 0.701. The van der Waals surface area contributed by atoms with Crippen LogP contribution in [0.15, 0.2) is 60.9 Å². The van der Waals surface area contributed by atoms with Crippen molar-refractivity contribution in [1.82, 2.24) is 9.97 Å². The number of phenolic OH excluding ortho intramolecular Hbond substituents is 1. The highest BCUT2D eigenvalue weighted by molar-refractivity contribution is 7.21. The Morgan fingerprint density at radius 2 is 1.93 bits per heavy atom. The first-order valence-corrected chi connectivity index (χ1v) is 9.31. The number of ether oxygens (including phenoxy) is 1. The number of benzene rings is 2. The van der Waals surface area contributed by atoms with Crippen molar-refractivity contribution >= 4 is 39.3 Å². The monoisotopic (exact) mass is 406 g/mol. The number of aromatic hydroxyl groups is 1. The average molecular weight is 406 g/mol. The van der Waals surface area contributed by atoms with Gasteiger partial charge in [0, 0.05) is 28.6 Å². The fraction of sp³-hybridized carbons (Fsp3) is 0. The van der Waals surface area contributed by atoms with Gasteiger partial charge in [-0.3, -0.25) is 4.79 Å². The second kappa shape index (κ2) is 7.61. The second-order valence-electron chi connectivity index (χ2n) is 6.05. The SMILES string of the molecule is O=C(O)/C=C/c1ccc(Oc2c(C(=O)c3ncc[nH]3)sc3cc(O)ccc23)cc1. The number of H-pyrrole nitrogens is 1. The largest absolute Gasteiger partial charge is 0.508 e. The number of thiophene rings is 1. The smallest absolute Gasteiger partial charge is 0.328 e. The molecule has 4 aromatic rings. The van der Waals surface area contributed by atoms with Crippen molar-refractivity contribution in [2.75, 3.05) is 0 Å². The second-order valence-corrected chi connectivity index (χ2v) is 7.10. The summed E-state index contributed by atoms with van der Waals surface area (Å²) in [5.74, 6) is -0.193. The summed E-state index contributed by atoms with van der Waals surface area (Å²) in [4.78, 5) is 30.7. The van der Waals surface area contributed by atoms with E-state index in [2.05, 4.69) is 9.97 Å². The van der Waals surface area contributed by atoms with Crippen LogP contribution >= 0.6 is 11.3 Å². The van der Waals surface area contributed by atoms with Gasteiger partial charge >= 0.3 is 5.97 Å². The number of imidazole rings is 1. The molecule has 0 radical (unpaired) electrons. The first-order valence-electron chi connectivity index (χ1n) is 8.50. The van der Waals surface area contributed by atoms with Gasteiger partial charge in [-0.05, 0) is 42.0 Å². The fourth-order valence-corrected chi connectivity index (χ4v) is 3.85. The van der Waals surface area contributed by atoms with Crippen molar-refractivity contribution in [2.45, 2.75) is 0 Å². The predicted molar refractivity (Wildman–Crippen MR) is 109 cm³/mol. The van der Waals surface area contributed by atoms with E-state index in [4.69, 9.17) is 9.84 Å². The van der Waals surface area contributed by atoms with E-state index in [-0.39, 0.29) is 17.4 Å². The molecule has 0 spiro atoms. The van der Waals surface area contributed by atoms with Crippen LogP contribution in [0.1, 0.15) is 21.1 Å². The standard InChI is InChI=1S/C21H14N2O5S/c24-13-4-7-15-16(11-13)29-20(18(27)21-22-9-10-23-21)19(15)28-14-5-1-12(2-6-14)3-8-17(25)26/h1-11,24H,(H,22,23)(H,25,26)/b8-3+. The number of carboxylic acid groups (broad SMARTS) is 1. The van der Waals surface area contributed by atoms with Gasteiger partial charge in [0.05, 0.1) is 0 Å². The Labute approximate surface area is 168 Å². The van der Waals surface area contributed by atoms with Gasteiger partial charge in [0.2, 0.25) is 5.78 Å². The van der Waals surface area contributed by atoms with Gasteiger partial charge in [0.25, 0.3) is 0 Å². The lowest BCUT2D eigenvalue weighted by Crippen LogP contribution is -2.02. The Hall–Kier alpha value is -3.91. The number of carbonyl (C=O) groups is 2. The Balaban J connectivity index is 1.73. The van der Waals surface area contributed by atoms with Crippen molar-refractivity contribution in [3.63, 3.8) is 0 Å². The maximum Gasteiger partial charge on any atom is 0.328 e. The van der Waals surface area contributed by atoms with Gasteiger partial charge in [0.1, 0.15) is 16.4 Å². The molecule has 0 amide bonds. The van der Waals surface area contributed by atoms with Gasteiger partial charge in [-0.2, -0.15) is 0 Å². The first-order chi connectivity index (χ1) is 14.0. The van der Waals surface area contributed by atoms with E-state index in [0.717, 1.165) is 6.08 Å². The summed E-state index contributed by atoms with van der Waals surface area (Å²) in [5, 5.41) is 19.2. The van der Waals surface area contributed by atoms with Crippen molar-refractivity contribution in [3.05, 3.63) is 77.2 Å². The highest BCUT2D eigenvalue weighted by atomic mass is 32.1. The minimum absolute atomic E-state index is 0.0943. The zero-order chi connectivity index (χ0) is 20.4. The average Bonchev–Trinajstić information content (AvgIpc) is 3.35. The summed E-state index contributed by atoms with van der Waals surface area (Å²) < 4.78 is 6.73. The number of phenols is 1. The fourth-order valence-electron chi connectivity index (χ4n) is 2.74. The van der Waals surface area contributed by atoms with Crippen LogP contribution in [0.5, 0.6) is 17.2 Å². The van der Waals surface area contributed by atoms with Gasteiger partial charge in [-0.15, -0.1) is 11.3 Å². The first kappa shape index (κ1) is 18.5. The molecule has 0 aliphatic carbocycles. The van der Waals surface area contributed by atoms with E-state index in [1.165, 1.54) is 29.7 Å². The molecule has 144 valence electrons. The zero-order valence-electron chi connectivity index (χ0n) is 14.8. The Morgan fingerprint density at radius 3 is 2.62 bits per heavy atom. The van der Waals surface area contributed by atoms with Gasteiger partial charge in [-0.25, -0.2) is 9.78 Å². The molecule has 2 aromatic carbocycles. The summed E-state index contributed by atoms with van der Waals surface area (Å²) in [7, 11) is 0. The van der Waals surface area contributed by atoms with Crippen LogP contribution < -0.4 is 4.74 Å². The molecule has 2 aromatic heterocycles.